The van der Waals surface area contributed by atoms with Gasteiger partial charge in [-0.3, -0.25) is 0 Å². The molecule has 0 spiro atoms. The number of benzene rings is 3. The summed E-state index contributed by atoms with van der Waals surface area (Å²) in [6.07, 6.45) is 0. The Morgan fingerprint density at radius 1 is 0.971 bits per heavy atom. The maximum absolute atomic E-state index is 14.0. The van der Waals surface area contributed by atoms with Gasteiger partial charge in [-0.1, -0.05) is 60.3 Å². The van der Waals surface area contributed by atoms with E-state index in [0.717, 1.165) is 28.7 Å². The fourth-order valence-electron chi connectivity index (χ4n) is 3.23. The van der Waals surface area contributed by atoms with E-state index in [1.54, 1.807) is 41.8 Å². The zero-order valence-electron chi connectivity index (χ0n) is 18.6. The van der Waals surface area contributed by atoms with Crippen LogP contribution in [-0.2, 0) is 13.2 Å². The van der Waals surface area contributed by atoms with Gasteiger partial charge in [0.05, 0.1) is 12.8 Å². The Balaban J connectivity index is 0.00000324. The van der Waals surface area contributed by atoms with Crippen LogP contribution in [0.1, 0.15) is 11.1 Å². The highest BCUT2D eigenvalue weighted by Crippen LogP contribution is 2.32. The van der Waals surface area contributed by atoms with Crippen molar-refractivity contribution in [2.45, 2.75) is 18.3 Å². The van der Waals surface area contributed by atoms with Crippen LogP contribution in [0.4, 0.5) is 4.39 Å². The number of ether oxygens (including phenoxy) is 2. The predicted octanol–water partition coefficient (Wildman–Crippen LogP) is 4.69. The number of aromatic nitrogens is 4. The van der Waals surface area contributed by atoms with E-state index in [2.05, 4.69) is 20.8 Å². The summed E-state index contributed by atoms with van der Waals surface area (Å²) in [5.41, 5.74) is 2.35. The van der Waals surface area contributed by atoms with Gasteiger partial charge in [0.1, 0.15) is 12.4 Å². The largest absolute Gasteiger partial charge is 0.493 e. The second kappa shape index (κ2) is 12.9. The topological polar surface area (TPSA) is 74.1 Å². The summed E-state index contributed by atoms with van der Waals surface area (Å²) in [4.78, 5) is 0. The molecule has 3 aromatic carbocycles. The van der Waals surface area contributed by atoms with Crippen molar-refractivity contribution in [1.29, 1.82) is 0 Å². The molecule has 1 N–H and O–H groups in total. The Morgan fingerprint density at radius 3 is 2.53 bits per heavy atom. The molecule has 1 heterocycles. The van der Waals surface area contributed by atoms with E-state index in [1.165, 1.54) is 6.07 Å². The molecule has 178 valence electrons. The number of tetrazole rings is 1. The van der Waals surface area contributed by atoms with E-state index in [-0.39, 0.29) is 24.8 Å². The minimum absolute atomic E-state index is 0. The molecule has 0 amide bonds. The lowest BCUT2D eigenvalue weighted by Gasteiger charge is -2.16. The summed E-state index contributed by atoms with van der Waals surface area (Å²) in [5, 5.41) is 16.1. The standard InChI is InChI=1S/C24H24FN5O2S.ClH/c1-31-22-13-7-9-18(23(22)32-17-19-8-5-6-12-21(19)25)16-26-14-15-33-24-27-28-29-30(24)20-10-3-2-4-11-20;/h2-13,26H,14-17H2,1H3;1H. The minimum atomic E-state index is -0.290. The Labute approximate surface area is 208 Å². The first-order valence-corrected chi connectivity index (χ1v) is 11.4. The van der Waals surface area contributed by atoms with Crippen molar-refractivity contribution < 1.29 is 13.9 Å². The zero-order chi connectivity index (χ0) is 22.9. The van der Waals surface area contributed by atoms with Crippen LogP contribution in [0.3, 0.4) is 0 Å². The summed E-state index contributed by atoms with van der Waals surface area (Å²) in [6.45, 7) is 1.43. The average molecular weight is 502 g/mol. The van der Waals surface area contributed by atoms with Gasteiger partial charge in [0.25, 0.3) is 0 Å². The summed E-state index contributed by atoms with van der Waals surface area (Å²) in [5.74, 6) is 1.71. The molecule has 0 aliphatic rings. The number of rotatable bonds is 11. The van der Waals surface area contributed by atoms with E-state index in [9.17, 15) is 4.39 Å². The van der Waals surface area contributed by atoms with Gasteiger partial charge in [0.15, 0.2) is 11.5 Å². The molecule has 1 aromatic heterocycles. The Bertz CT molecular complexity index is 1180. The fraction of sp³-hybridized carbons (Fsp3) is 0.208. The summed E-state index contributed by atoms with van der Waals surface area (Å²) in [6, 6.07) is 22.1. The maximum Gasteiger partial charge on any atom is 0.214 e. The van der Waals surface area contributed by atoms with Gasteiger partial charge < -0.3 is 14.8 Å². The van der Waals surface area contributed by atoms with Crippen LogP contribution >= 0.6 is 24.2 Å². The monoisotopic (exact) mass is 501 g/mol. The molecule has 4 aromatic rings. The van der Waals surface area contributed by atoms with Gasteiger partial charge >= 0.3 is 0 Å². The van der Waals surface area contributed by atoms with Crippen molar-refractivity contribution >= 4 is 24.2 Å². The molecule has 0 radical (unpaired) electrons. The molecule has 4 rings (SSSR count). The number of hydrogen-bond donors (Lipinski definition) is 1. The van der Waals surface area contributed by atoms with Crippen molar-refractivity contribution in [3.63, 3.8) is 0 Å². The van der Waals surface area contributed by atoms with E-state index in [0.29, 0.717) is 23.6 Å². The summed E-state index contributed by atoms with van der Waals surface area (Å²) >= 11 is 1.57. The first-order valence-electron chi connectivity index (χ1n) is 10.5. The quantitative estimate of drug-likeness (QED) is 0.236. The number of thioether (sulfide) groups is 1. The van der Waals surface area contributed by atoms with Crippen molar-refractivity contribution in [3.8, 4) is 17.2 Å². The number of methoxy groups -OCH3 is 1. The molecule has 0 aliphatic heterocycles. The summed E-state index contributed by atoms with van der Waals surface area (Å²) in [7, 11) is 1.59. The molecular weight excluding hydrogens is 477 g/mol. The van der Waals surface area contributed by atoms with Gasteiger partial charge in [0.2, 0.25) is 5.16 Å². The van der Waals surface area contributed by atoms with Crippen LogP contribution in [-0.4, -0.2) is 39.6 Å². The normalized spacial score (nSPS) is 10.5. The number of nitrogens with zero attached hydrogens (tertiary/aromatic N) is 4. The first-order chi connectivity index (χ1) is 16.3. The highest BCUT2D eigenvalue weighted by molar-refractivity contribution is 7.99. The van der Waals surface area contributed by atoms with Gasteiger partial charge in [0, 0.05) is 30.0 Å². The van der Waals surface area contributed by atoms with Crippen molar-refractivity contribution in [2.75, 3.05) is 19.4 Å². The molecule has 0 saturated carbocycles. The molecule has 0 saturated heterocycles. The lowest BCUT2D eigenvalue weighted by Crippen LogP contribution is -2.17. The second-order valence-electron chi connectivity index (χ2n) is 7.06. The first kappa shape index (κ1) is 25.5. The fourth-order valence-corrected chi connectivity index (χ4v) is 4.02. The number of hydrogen-bond acceptors (Lipinski definition) is 7. The van der Waals surface area contributed by atoms with Crippen molar-refractivity contribution in [2.24, 2.45) is 0 Å². The van der Waals surface area contributed by atoms with Crippen molar-refractivity contribution in [3.05, 3.63) is 89.7 Å². The number of nitrogens with one attached hydrogen (secondary N) is 1. The van der Waals surface area contributed by atoms with E-state index >= 15 is 0 Å². The lowest BCUT2D eigenvalue weighted by atomic mass is 10.1. The molecule has 0 fully saturated rings. The molecule has 0 atom stereocenters. The molecular formula is C24H25ClFN5O2S. The molecule has 0 aliphatic carbocycles. The molecule has 10 heteroatoms. The SMILES string of the molecule is COc1cccc(CNCCSc2nnnn2-c2ccccc2)c1OCc1ccccc1F.Cl. The van der Waals surface area contributed by atoms with E-state index in [1.807, 2.05) is 48.5 Å². The van der Waals surface area contributed by atoms with Crippen LogP contribution in [0.2, 0.25) is 0 Å². The minimum Gasteiger partial charge on any atom is -0.493 e. The summed E-state index contributed by atoms with van der Waals surface area (Å²) < 4.78 is 27.1. The third-order valence-electron chi connectivity index (χ3n) is 4.88. The zero-order valence-corrected chi connectivity index (χ0v) is 20.2. The second-order valence-corrected chi connectivity index (χ2v) is 8.12. The highest BCUT2D eigenvalue weighted by atomic mass is 35.5. The molecule has 0 unspecified atom stereocenters. The predicted molar refractivity (Wildman–Crippen MR) is 133 cm³/mol. The van der Waals surface area contributed by atoms with Gasteiger partial charge in [-0.2, -0.15) is 4.68 Å². The van der Waals surface area contributed by atoms with Gasteiger partial charge in [-0.25, -0.2) is 4.39 Å². The van der Waals surface area contributed by atoms with Crippen LogP contribution in [0, 0.1) is 5.82 Å². The van der Waals surface area contributed by atoms with Crippen LogP contribution in [0.15, 0.2) is 78.0 Å². The number of para-hydroxylation sites is 2. The van der Waals surface area contributed by atoms with Crippen LogP contribution in [0.5, 0.6) is 11.5 Å². The third-order valence-corrected chi connectivity index (χ3v) is 5.80. The molecule has 34 heavy (non-hydrogen) atoms. The lowest BCUT2D eigenvalue weighted by molar-refractivity contribution is 0.276. The third kappa shape index (κ3) is 6.47. The van der Waals surface area contributed by atoms with Gasteiger partial charge in [-0.15, -0.1) is 17.5 Å². The Kier molecular flexibility index (Phi) is 9.69. The smallest absolute Gasteiger partial charge is 0.214 e. The van der Waals surface area contributed by atoms with Crippen molar-refractivity contribution in [1.82, 2.24) is 25.5 Å². The average Bonchev–Trinajstić information content (AvgIpc) is 3.32. The van der Waals surface area contributed by atoms with E-state index in [4.69, 9.17) is 9.47 Å². The van der Waals surface area contributed by atoms with Crippen LogP contribution in [0.25, 0.3) is 5.69 Å². The molecule has 0 bridgehead atoms. The number of halogens is 2. The Morgan fingerprint density at radius 2 is 1.74 bits per heavy atom. The van der Waals surface area contributed by atoms with Gasteiger partial charge in [-0.05, 0) is 34.7 Å². The van der Waals surface area contributed by atoms with Crippen LogP contribution < -0.4 is 14.8 Å². The Hall–Kier alpha value is -3.14. The highest BCUT2D eigenvalue weighted by Gasteiger charge is 2.13. The molecule has 7 nitrogen and oxygen atoms in total. The maximum atomic E-state index is 14.0. The van der Waals surface area contributed by atoms with E-state index < -0.39 is 0 Å².